The van der Waals surface area contributed by atoms with Crippen LogP contribution in [0.5, 0.6) is 0 Å². The Bertz CT molecular complexity index is 539. The molecule has 1 aromatic rings. The number of carbonyl (C=O) groups is 1. The Morgan fingerprint density at radius 1 is 1.33 bits per heavy atom. The van der Waals surface area contributed by atoms with Crippen molar-refractivity contribution in [2.24, 2.45) is 5.73 Å². The third kappa shape index (κ3) is 7.75. The molecule has 0 spiro atoms. The highest BCUT2D eigenvalue weighted by Gasteiger charge is 2.18. The summed E-state index contributed by atoms with van der Waals surface area (Å²) in [6, 6.07) is 7.89. The molecule has 7 nitrogen and oxygen atoms in total. The van der Waals surface area contributed by atoms with Gasteiger partial charge in [0, 0.05) is 0 Å². The fraction of sp³-hybridized carbons (Fsp3) is 0.308. The number of hydrogen-bond donors (Lipinski definition) is 4. The lowest BCUT2D eigenvalue weighted by molar-refractivity contribution is -0.137. The quantitative estimate of drug-likeness (QED) is 0.411. The van der Waals surface area contributed by atoms with Gasteiger partial charge in [-0.1, -0.05) is 36.4 Å². The van der Waals surface area contributed by atoms with E-state index in [9.17, 15) is 9.36 Å². The van der Waals surface area contributed by atoms with E-state index < -0.39 is 25.8 Å². The topological polar surface area (TPSA) is 130 Å². The lowest BCUT2D eigenvalue weighted by atomic mass is 10.2. The molecule has 1 atom stereocenters. The molecule has 0 radical (unpaired) electrons. The minimum Gasteiger partial charge on any atom is -0.480 e. The second kappa shape index (κ2) is 8.07. The van der Waals surface area contributed by atoms with Crippen molar-refractivity contribution in [2.45, 2.75) is 12.6 Å². The Morgan fingerprint density at radius 3 is 2.48 bits per heavy atom. The largest absolute Gasteiger partial charge is 0.480 e. The molecular formula is C13H18NO6P. The zero-order valence-electron chi connectivity index (χ0n) is 11.3. The normalized spacial score (nSPS) is 14.0. The summed E-state index contributed by atoms with van der Waals surface area (Å²) in [6.45, 7) is 0.155. The lowest BCUT2D eigenvalue weighted by Gasteiger charge is -2.12. The van der Waals surface area contributed by atoms with Gasteiger partial charge >= 0.3 is 13.6 Å². The van der Waals surface area contributed by atoms with Crippen LogP contribution < -0.4 is 5.73 Å². The van der Waals surface area contributed by atoms with Crippen LogP contribution in [0.4, 0.5) is 0 Å². The van der Waals surface area contributed by atoms with Crippen molar-refractivity contribution in [3.8, 4) is 0 Å². The summed E-state index contributed by atoms with van der Waals surface area (Å²) in [4.78, 5) is 28.7. The second-order valence-corrected chi connectivity index (χ2v) is 6.14. The van der Waals surface area contributed by atoms with Crippen molar-refractivity contribution in [1.82, 2.24) is 0 Å². The van der Waals surface area contributed by atoms with Crippen LogP contribution in [0.2, 0.25) is 0 Å². The molecule has 0 aliphatic heterocycles. The number of carboxylic acid groups (broad SMARTS) is 1. The van der Waals surface area contributed by atoms with Crippen molar-refractivity contribution in [1.29, 1.82) is 0 Å². The van der Waals surface area contributed by atoms with Crippen LogP contribution >= 0.6 is 7.60 Å². The zero-order chi connectivity index (χ0) is 15.9. The minimum absolute atomic E-state index is 0.0962. The number of carboxylic acids is 1. The van der Waals surface area contributed by atoms with E-state index >= 15 is 0 Å². The number of aliphatic carboxylic acids is 1. The average Bonchev–Trinajstić information content (AvgIpc) is 2.37. The predicted octanol–water partition coefficient (Wildman–Crippen LogP) is 0.719. The molecule has 0 saturated heterocycles. The molecule has 0 bridgehead atoms. The molecule has 0 aliphatic rings. The number of rotatable bonds is 8. The summed E-state index contributed by atoms with van der Waals surface area (Å²) < 4.78 is 16.4. The SMILES string of the molecule is NC(C=C(COCc1ccccc1)CP(=O)(O)O)C(=O)O. The van der Waals surface area contributed by atoms with Gasteiger partial charge in [0.25, 0.3) is 0 Å². The van der Waals surface area contributed by atoms with E-state index in [-0.39, 0.29) is 18.8 Å². The van der Waals surface area contributed by atoms with E-state index in [1.165, 1.54) is 0 Å². The van der Waals surface area contributed by atoms with Gasteiger partial charge in [-0.25, -0.2) is 0 Å². The lowest BCUT2D eigenvalue weighted by Crippen LogP contribution is -2.28. The summed E-state index contributed by atoms with van der Waals surface area (Å²) in [6.07, 6.45) is 0.523. The van der Waals surface area contributed by atoms with Crippen molar-refractivity contribution in [3.05, 3.63) is 47.5 Å². The minimum atomic E-state index is -4.32. The monoisotopic (exact) mass is 315 g/mol. The first-order valence-corrected chi connectivity index (χ1v) is 7.92. The van der Waals surface area contributed by atoms with E-state index in [0.717, 1.165) is 11.6 Å². The second-order valence-electron chi connectivity index (χ2n) is 4.49. The Kier molecular flexibility index (Phi) is 6.74. The Labute approximate surface area is 122 Å². The Hall–Kier alpha value is -1.50. The molecule has 21 heavy (non-hydrogen) atoms. The third-order valence-corrected chi connectivity index (χ3v) is 3.33. The van der Waals surface area contributed by atoms with E-state index in [4.69, 9.17) is 25.4 Å². The molecular weight excluding hydrogens is 297 g/mol. The van der Waals surface area contributed by atoms with Crippen LogP contribution in [0.1, 0.15) is 5.56 Å². The maximum atomic E-state index is 11.0. The molecule has 1 rings (SSSR count). The van der Waals surface area contributed by atoms with Crippen molar-refractivity contribution < 1.29 is 29.0 Å². The predicted molar refractivity (Wildman–Crippen MR) is 76.7 cm³/mol. The first-order valence-electron chi connectivity index (χ1n) is 6.12. The summed E-state index contributed by atoms with van der Waals surface area (Å²) >= 11 is 0. The summed E-state index contributed by atoms with van der Waals surface area (Å²) in [5.74, 6) is -1.28. The molecule has 5 N–H and O–H groups in total. The molecule has 0 amide bonds. The van der Waals surface area contributed by atoms with Gasteiger partial charge in [-0.15, -0.1) is 0 Å². The number of ether oxygens (including phenoxy) is 1. The highest BCUT2D eigenvalue weighted by atomic mass is 31.2. The third-order valence-electron chi connectivity index (χ3n) is 2.51. The molecule has 1 unspecified atom stereocenters. The summed E-state index contributed by atoms with van der Waals surface area (Å²) in [5, 5.41) is 8.73. The highest BCUT2D eigenvalue weighted by molar-refractivity contribution is 7.52. The van der Waals surface area contributed by atoms with E-state index in [2.05, 4.69) is 0 Å². The summed E-state index contributed by atoms with van der Waals surface area (Å²) in [5.41, 5.74) is 6.39. The van der Waals surface area contributed by atoms with Crippen molar-refractivity contribution in [3.63, 3.8) is 0 Å². The molecule has 0 heterocycles. The van der Waals surface area contributed by atoms with Crippen LogP contribution in [-0.4, -0.2) is 39.7 Å². The van der Waals surface area contributed by atoms with Gasteiger partial charge < -0.3 is 25.4 Å². The van der Waals surface area contributed by atoms with Gasteiger partial charge in [-0.3, -0.25) is 9.36 Å². The molecule has 116 valence electrons. The van der Waals surface area contributed by atoms with Crippen LogP contribution in [0, 0.1) is 0 Å². The molecule has 8 heteroatoms. The van der Waals surface area contributed by atoms with Crippen LogP contribution in [-0.2, 0) is 20.7 Å². The van der Waals surface area contributed by atoms with Gasteiger partial charge in [0.05, 0.1) is 19.4 Å². The number of benzene rings is 1. The number of hydrogen-bond acceptors (Lipinski definition) is 4. The van der Waals surface area contributed by atoms with Crippen LogP contribution in [0.15, 0.2) is 42.0 Å². The molecule has 0 saturated carbocycles. The Morgan fingerprint density at radius 2 is 1.95 bits per heavy atom. The van der Waals surface area contributed by atoms with Crippen LogP contribution in [0.25, 0.3) is 0 Å². The van der Waals surface area contributed by atoms with E-state index in [1.54, 1.807) is 0 Å². The average molecular weight is 315 g/mol. The fourth-order valence-corrected chi connectivity index (χ4v) is 2.34. The van der Waals surface area contributed by atoms with E-state index in [1.807, 2.05) is 30.3 Å². The molecule has 0 aliphatic carbocycles. The highest BCUT2D eigenvalue weighted by Crippen LogP contribution is 2.36. The zero-order valence-corrected chi connectivity index (χ0v) is 12.1. The Balaban J connectivity index is 2.65. The molecule has 0 aromatic heterocycles. The van der Waals surface area contributed by atoms with Crippen molar-refractivity contribution >= 4 is 13.6 Å². The van der Waals surface area contributed by atoms with Gasteiger partial charge in [0.2, 0.25) is 0 Å². The first kappa shape index (κ1) is 17.6. The molecule has 0 fully saturated rings. The smallest absolute Gasteiger partial charge is 0.329 e. The van der Waals surface area contributed by atoms with Gasteiger partial charge in [-0.05, 0) is 11.1 Å². The first-order chi connectivity index (χ1) is 9.78. The summed E-state index contributed by atoms with van der Waals surface area (Å²) in [7, 11) is -4.32. The number of nitrogens with two attached hydrogens (primary N) is 1. The van der Waals surface area contributed by atoms with Gasteiger partial charge in [0.15, 0.2) is 0 Å². The fourth-order valence-electron chi connectivity index (χ4n) is 1.61. The maximum absolute atomic E-state index is 11.0. The van der Waals surface area contributed by atoms with Gasteiger partial charge in [-0.2, -0.15) is 0 Å². The van der Waals surface area contributed by atoms with E-state index in [0.29, 0.717) is 0 Å². The van der Waals surface area contributed by atoms with Gasteiger partial charge in [0.1, 0.15) is 6.04 Å². The van der Waals surface area contributed by atoms with Crippen LogP contribution in [0.3, 0.4) is 0 Å². The molecule has 1 aromatic carbocycles. The maximum Gasteiger partial charge on any atom is 0.329 e. The van der Waals surface area contributed by atoms with Crippen molar-refractivity contribution in [2.75, 3.05) is 12.8 Å². The standard InChI is InChI=1S/C13H18NO6P/c14-12(13(15)16)6-11(9-21(17,18)19)8-20-7-10-4-2-1-3-5-10/h1-6,12H,7-9,14H2,(H,15,16)(H2,17,18,19).